The van der Waals surface area contributed by atoms with Crippen molar-refractivity contribution in [2.24, 2.45) is 0 Å². The molecule has 6 heteroatoms. The fourth-order valence-electron chi connectivity index (χ4n) is 1.33. The Bertz CT molecular complexity index is 525. The number of methoxy groups -OCH3 is 1. The molecular formula is C11H8NO3S2. The van der Waals surface area contributed by atoms with Gasteiger partial charge in [0.1, 0.15) is 0 Å². The Morgan fingerprint density at radius 3 is 2.88 bits per heavy atom. The minimum atomic E-state index is -0.327. The highest BCUT2D eigenvalue weighted by molar-refractivity contribution is 8.26. The molecule has 17 heavy (non-hydrogen) atoms. The molecule has 1 radical (unpaired) electrons. The monoisotopic (exact) mass is 266 g/mol. The van der Waals surface area contributed by atoms with Crippen molar-refractivity contribution >= 4 is 40.3 Å². The first-order chi connectivity index (χ1) is 8.10. The van der Waals surface area contributed by atoms with Crippen LogP contribution in [0, 0.1) is 0 Å². The highest BCUT2D eigenvalue weighted by atomic mass is 32.2. The molecule has 0 bridgehead atoms. The molecule has 1 aromatic rings. The molecule has 4 nitrogen and oxygen atoms in total. The number of phenols is 1. The van der Waals surface area contributed by atoms with Crippen LogP contribution in [0.2, 0.25) is 0 Å². The van der Waals surface area contributed by atoms with E-state index in [1.165, 1.54) is 13.2 Å². The maximum absolute atomic E-state index is 11.4. The molecule has 1 aromatic carbocycles. The largest absolute Gasteiger partial charge is 0.504 e. The molecule has 1 aliphatic rings. The van der Waals surface area contributed by atoms with E-state index < -0.39 is 0 Å². The van der Waals surface area contributed by atoms with Crippen LogP contribution in [0.15, 0.2) is 23.1 Å². The normalized spacial score (nSPS) is 17.4. The van der Waals surface area contributed by atoms with Crippen molar-refractivity contribution in [2.75, 3.05) is 7.11 Å². The number of benzene rings is 1. The van der Waals surface area contributed by atoms with Crippen LogP contribution in [0.25, 0.3) is 6.08 Å². The second-order valence-electron chi connectivity index (χ2n) is 3.22. The number of rotatable bonds is 2. The Morgan fingerprint density at radius 2 is 2.29 bits per heavy atom. The summed E-state index contributed by atoms with van der Waals surface area (Å²) in [6, 6.07) is 4.82. The summed E-state index contributed by atoms with van der Waals surface area (Å²) in [5.41, 5.74) is 0.746. The highest BCUT2D eigenvalue weighted by Gasteiger charge is 2.24. The van der Waals surface area contributed by atoms with E-state index >= 15 is 0 Å². The molecule has 1 N–H and O–H groups in total. The van der Waals surface area contributed by atoms with Gasteiger partial charge in [0, 0.05) is 0 Å². The van der Waals surface area contributed by atoms with Crippen LogP contribution in [-0.2, 0) is 4.79 Å². The standard InChI is InChI=1S/C11H8NO3S2/c1-15-8-4-6(2-3-7(8)13)5-9-10(14)12-11(16)17-9/h2-5,13H,1H3/b9-5-. The zero-order valence-corrected chi connectivity index (χ0v) is 10.5. The molecule has 1 fully saturated rings. The number of aromatic hydroxyl groups is 1. The van der Waals surface area contributed by atoms with Gasteiger partial charge in [-0.3, -0.25) is 4.79 Å². The van der Waals surface area contributed by atoms with Crippen molar-refractivity contribution < 1.29 is 14.6 Å². The van der Waals surface area contributed by atoms with E-state index in [0.717, 1.165) is 17.3 Å². The van der Waals surface area contributed by atoms with Crippen LogP contribution in [0.5, 0.6) is 11.5 Å². The maximum Gasteiger partial charge on any atom is 0.285 e. The smallest absolute Gasteiger partial charge is 0.285 e. The number of carbonyl (C=O) groups is 1. The predicted octanol–water partition coefficient (Wildman–Crippen LogP) is 1.90. The Balaban J connectivity index is 2.33. The van der Waals surface area contributed by atoms with Crippen LogP contribution >= 0.6 is 24.0 Å². The van der Waals surface area contributed by atoms with Crippen LogP contribution < -0.4 is 10.1 Å². The lowest BCUT2D eigenvalue weighted by Gasteiger charge is -2.03. The molecule has 87 valence electrons. The topological polar surface area (TPSA) is 60.6 Å². The summed E-state index contributed by atoms with van der Waals surface area (Å²) in [7, 11) is 1.46. The summed E-state index contributed by atoms with van der Waals surface area (Å²) in [4.78, 5) is 11.9. The number of ether oxygens (including phenoxy) is 1. The second kappa shape index (κ2) is 4.77. The highest BCUT2D eigenvalue weighted by Crippen LogP contribution is 2.30. The lowest BCUT2D eigenvalue weighted by atomic mass is 10.2. The van der Waals surface area contributed by atoms with Crippen molar-refractivity contribution in [3.8, 4) is 11.5 Å². The molecule has 1 saturated heterocycles. The van der Waals surface area contributed by atoms with Crippen molar-refractivity contribution in [2.45, 2.75) is 0 Å². The molecule has 0 aliphatic carbocycles. The molecule has 1 aliphatic heterocycles. The van der Waals surface area contributed by atoms with Crippen LogP contribution in [0.1, 0.15) is 5.56 Å². The Hall–Kier alpha value is -1.53. The first kappa shape index (κ1) is 11.9. The predicted molar refractivity (Wildman–Crippen MR) is 70.0 cm³/mol. The molecule has 0 spiro atoms. The minimum Gasteiger partial charge on any atom is -0.504 e. The number of nitrogens with zero attached hydrogens (tertiary/aromatic N) is 1. The fraction of sp³-hybridized carbons (Fsp3) is 0.0909. The van der Waals surface area contributed by atoms with E-state index in [4.69, 9.17) is 17.0 Å². The van der Waals surface area contributed by atoms with Crippen molar-refractivity contribution in [3.63, 3.8) is 0 Å². The lowest BCUT2D eigenvalue weighted by Crippen LogP contribution is -2.08. The van der Waals surface area contributed by atoms with Gasteiger partial charge in [-0.25, -0.2) is 0 Å². The average molecular weight is 266 g/mol. The van der Waals surface area contributed by atoms with Gasteiger partial charge in [-0.1, -0.05) is 17.8 Å². The van der Waals surface area contributed by atoms with Crippen molar-refractivity contribution in [3.05, 3.63) is 28.7 Å². The number of hydrogen-bond acceptors (Lipinski definition) is 5. The van der Waals surface area contributed by atoms with Crippen molar-refractivity contribution in [1.82, 2.24) is 5.32 Å². The zero-order chi connectivity index (χ0) is 12.4. The average Bonchev–Trinajstić information content (AvgIpc) is 2.60. The van der Waals surface area contributed by atoms with Gasteiger partial charge in [0.25, 0.3) is 5.91 Å². The molecule has 0 unspecified atom stereocenters. The summed E-state index contributed by atoms with van der Waals surface area (Å²) < 4.78 is 5.30. The third kappa shape index (κ3) is 2.59. The third-order valence-corrected chi connectivity index (χ3v) is 3.22. The molecule has 0 aromatic heterocycles. The molecule has 1 heterocycles. The summed E-state index contributed by atoms with van der Waals surface area (Å²) in [6.45, 7) is 0. The summed E-state index contributed by atoms with van der Waals surface area (Å²) >= 11 is 5.99. The van der Waals surface area contributed by atoms with E-state index in [1.807, 2.05) is 0 Å². The zero-order valence-electron chi connectivity index (χ0n) is 8.84. The molecular weight excluding hydrogens is 258 g/mol. The van der Waals surface area contributed by atoms with E-state index in [-0.39, 0.29) is 11.7 Å². The van der Waals surface area contributed by atoms with Crippen LogP contribution in [0.4, 0.5) is 0 Å². The Morgan fingerprint density at radius 1 is 1.53 bits per heavy atom. The van der Waals surface area contributed by atoms with Gasteiger partial charge in [0.05, 0.1) is 12.0 Å². The first-order valence-corrected chi connectivity index (χ1v) is 5.89. The summed E-state index contributed by atoms with van der Waals surface area (Å²) in [5.74, 6) is 0.0848. The van der Waals surface area contributed by atoms with Crippen LogP contribution in [-0.4, -0.2) is 22.4 Å². The van der Waals surface area contributed by atoms with Gasteiger partial charge >= 0.3 is 0 Å². The quantitative estimate of drug-likeness (QED) is 0.654. The maximum atomic E-state index is 11.4. The number of thioether (sulfide) groups is 1. The Kier molecular flexibility index (Phi) is 3.35. The van der Waals surface area contributed by atoms with Gasteiger partial charge in [-0.15, -0.1) is 0 Å². The van der Waals surface area contributed by atoms with E-state index in [9.17, 15) is 9.90 Å². The van der Waals surface area contributed by atoms with Gasteiger partial charge in [0.15, 0.2) is 15.8 Å². The van der Waals surface area contributed by atoms with Crippen LogP contribution in [0.3, 0.4) is 0 Å². The fourth-order valence-corrected chi connectivity index (χ4v) is 2.32. The number of amides is 1. The van der Waals surface area contributed by atoms with E-state index in [1.54, 1.807) is 18.2 Å². The van der Waals surface area contributed by atoms with Gasteiger partial charge in [-0.05, 0) is 36.0 Å². The minimum absolute atomic E-state index is 0.0558. The molecule has 1 amide bonds. The summed E-state index contributed by atoms with van der Waals surface area (Å²) in [6.07, 6.45) is 1.66. The second-order valence-corrected chi connectivity index (χ2v) is 4.90. The third-order valence-electron chi connectivity index (χ3n) is 2.10. The molecule has 0 atom stereocenters. The lowest BCUT2D eigenvalue weighted by molar-refractivity contribution is -0.115. The van der Waals surface area contributed by atoms with Gasteiger partial charge < -0.3 is 9.84 Å². The van der Waals surface area contributed by atoms with Gasteiger partial charge in [-0.2, -0.15) is 5.32 Å². The SMILES string of the molecule is COc1cc(/C=C2\SC(=S)[N]C2=O)ccc1O. The van der Waals surface area contributed by atoms with Crippen molar-refractivity contribution in [1.29, 1.82) is 0 Å². The Labute approximate surface area is 108 Å². The number of thiocarbonyl (C=S) groups is 1. The van der Waals surface area contributed by atoms with E-state index in [2.05, 4.69) is 5.32 Å². The summed E-state index contributed by atoms with van der Waals surface area (Å²) in [5, 5.41) is 13.1. The molecule has 0 saturated carbocycles. The number of hydrogen-bond donors (Lipinski definition) is 1. The number of phenolic OH excluding ortho intramolecular Hbond substituents is 1. The van der Waals surface area contributed by atoms with Gasteiger partial charge in [0.2, 0.25) is 0 Å². The van der Waals surface area contributed by atoms with E-state index in [0.29, 0.717) is 15.0 Å². The first-order valence-electron chi connectivity index (χ1n) is 4.67. The molecule has 2 rings (SSSR count). The number of carbonyl (C=O) groups excluding carboxylic acids is 1.